The highest BCUT2D eigenvalue weighted by molar-refractivity contribution is 5.96. The Morgan fingerprint density at radius 1 is 1.07 bits per heavy atom. The fraction of sp³-hybridized carbons (Fsp3) is 0.429. The second kappa shape index (κ2) is 9.20. The van der Waals surface area contributed by atoms with Gasteiger partial charge in [-0.2, -0.15) is 0 Å². The van der Waals surface area contributed by atoms with E-state index in [0.29, 0.717) is 28.2 Å². The Hall–Kier alpha value is -3.84. The van der Waals surface area contributed by atoms with E-state index in [9.17, 15) is 20.2 Å². The number of anilines is 1. The molecule has 2 rings (SSSR count). The third-order valence-corrected chi connectivity index (χ3v) is 3.53. The first-order valence-corrected chi connectivity index (χ1v) is 7.67. The van der Waals surface area contributed by atoms with Gasteiger partial charge in [-0.1, -0.05) is 0 Å². The lowest BCUT2D eigenvalue weighted by atomic mass is 10.1. The summed E-state index contributed by atoms with van der Waals surface area (Å²) in [7, 11) is 4.32. The minimum absolute atomic E-state index is 0.211. The molecule has 1 N–H and O–H groups in total. The Morgan fingerprint density at radius 2 is 1.79 bits per heavy atom. The van der Waals surface area contributed by atoms with Gasteiger partial charge in [0.15, 0.2) is 11.5 Å². The monoisotopic (exact) mass is 399 g/mol. The Balaban J connectivity index is 2.35. The number of methoxy groups -OCH3 is 3. The third kappa shape index (κ3) is 4.66. The highest BCUT2D eigenvalue weighted by Gasteiger charge is 2.21. The van der Waals surface area contributed by atoms with Crippen LogP contribution in [0.2, 0.25) is 0 Å². The van der Waals surface area contributed by atoms with Crippen LogP contribution in [0.4, 0.5) is 5.82 Å². The van der Waals surface area contributed by atoms with Crippen molar-refractivity contribution in [3.05, 3.63) is 32.6 Å². The smallest absolute Gasteiger partial charge is 0.294 e. The molecule has 1 heterocycles. The summed E-state index contributed by atoms with van der Waals surface area (Å²) in [5.41, 5.74) is 0.394. The zero-order valence-corrected chi connectivity index (χ0v) is 15.1. The van der Waals surface area contributed by atoms with Crippen molar-refractivity contribution in [2.75, 3.05) is 39.8 Å². The van der Waals surface area contributed by atoms with Gasteiger partial charge in [0.1, 0.15) is 30.4 Å². The zero-order chi connectivity index (χ0) is 20.7. The summed E-state index contributed by atoms with van der Waals surface area (Å²) >= 11 is 0. The van der Waals surface area contributed by atoms with E-state index in [2.05, 4.69) is 25.0 Å². The summed E-state index contributed by atoms with van der Waals surface area (Å²) in [6, 6.07) is 1.59. The molecule has 0 aliphatic heterocycles. The van der Waals surface area contributed by atoms with Gasteiger partial charge < -0.3 is 29.2 Å². The molecule has 1 atom stereocenters. The summed E-state index contributed by atoms with van der Waals surface area (Å²) in [6.07, 6.45) is -0.0110. The van der Waals surface area contributed by atoms with Crippen molar-refractivity contribution >= 4 is 16.7 Å². The fourth-order valence-electron chi connectivity index (χ4n) is 2.41. The first kappa shape index (κ1) is 20.5. The van der Waals surface area contributed by atoms with Crippen LogP contribution in [-0.2, 0) is 9.68 Å². The number of fused-ring (bicyclic) bond motifs is 1. The van der Waals surface area contributed by atoms with Crippen LogP contribution in [0.1, 0.15) is 0 Å². The number of hydrogen-bond donors (Lipinski definition) is 1. The van der Waals surface area contributed by atoms with Crippen LogP contribution in [0.5, 0.6) is 17.2 Å². The molecule has 0 radical (unpaired) electrons. The predicted octanol–water partition coefficient (Wildman–Crippen LogP) is 0.853. The minimum Gasteiger partial charge on any atom is -0.493 e. The van der Waals surface area contributed by atoms with E-state index in [1.807, 2.05) is 0 Å². The van der Waals surface area contributed by atoms with Crippen molar-refractivity contribution in [3.8, 4) is 17.2 Å². The lowest BCUT2D eigenvalue weighted by molar-refractivity contribution is -0.789. The van der Waals surface area contributed by atoms with E-state index in [0.717, 1.165) is 0 Å². The van der Waals surface area contributed by atoms with Gasteiger partial charge in [-0.05, 0) is 6.07 Å². The van der Waals surface area contributed by atoms with Gasteiger partial charge >= 0.3 is 0 Å². The molecule has 0 fully saturated rings. The maximum atomic E-state index is 10.6. The molecule has 0 amide bonds. The molecule has 1 aromatic heterocycles. The molecule has 14 heteroatoms. The highest BCUT2D eigenvalue weighted by Crippen LogP contribution is 2.43. The van der Waals surface area contributed by atoms with Crippen molar-refractivity contribution in [2.24, 2.45) is 0 Å². The van der Waals surface area contributed by atoms with E-state index in [4.69, 9.17) is 14.2 Å². The number of rotatable bonds is 11. The molecular formula is C14H17N5O9. The molecule has 2 aromatic rings. The fourth-order valence-corrected chi connectivity index (χ4v) is 2.41. The maximum absolute atomic E-state index is 10.6. The van der Waals surface area contributed by atoms with Crippen LogP contribution in [0, 0.1) is 20.2 Å². The van der Waals surface area contributed by atoms with Crippen molar-refractivity contribution < 1.29 is 34.1 Å². The summed E-state index contributed by atoms with van der Waals surface area (Å²) in [4.78, 5) is 37.7. The van der Waals surface area contributed by atoms with Gasteiger partial charge in [0, 0.05) is 6.54 Å². The van der Waals surface area contributed by atoms with Crippen molar-refractivity contribution in [1.82, 2.24) is 9.97 Å². The maximum Gasteiger partial charge on any atom is 0.294 e. The number of nitrogens with one attached hydrogen (secondary N) is 1. The van der Waals surface area contributed by atoms with Crippen LogP contribution in [0.3, 0.4) is 0 Å². The van der Waals surface area contributed by atoms with Gasteiger partial charge in [-0.3, -0.25) is 0 Å². The third-order valence-electron chi connectivity index (χ3n) is 3.53. The van der Waals surface area contributed by atoms with Crippen LogP contribution >= 0.6 is 0 Å². The number of hydrogen-bond acceptors (Lipinski definition) is 12. The molecule has 14 nitrogen and oxygen atoms in total. The van der Waals surface area contributed by atoms with E-state index in [-0.39, 0.29) is 12.4 Å². The number of nitrogens with zero attached hydrogens (tertiary/aromatic N) is 4. The van der Waals surface area contributed by atoms with E-state index < -0.39 is 22.9 Å². The predicted molar refractivity (Wildman–Crippen MR) is 92.5 cm³/mol. The first-order chi connectivity index (χ1) is 13.4. The summed E-state index contributed by atoms with van der Waals surface area (Å²) < 4.78 is 15.9. The van der Waals surface area contributed by atoms with Crippen molar-refractivity contribution in [2.45, 2.75) is 6.10 Å². The van der Waals surface area contributed by atoms with Gasteiger partial charge in [-0.15, -0.1) is 20.2 Å². The van der Waals surface area contributed by atoms with Gasteiger partial charge in [0.2, 0.25) is 5.75 Å². The van der Waals surface area contributed by atoms with Crippen molar-refractivity contribution in [3.63, 3.8) is 0 Å². The molecule has 1 unspecified atom stereocenters. The minimum atomic E-state index is -1.26. The van der Waals surface area contributed by atoms with Crippen LogP contribution in [0.25, 0.3) is 10.9 Å². The van der Waals surface area contributed by atoms with Crippen LogP contribution in [-0.4, -0.2) is 60.7 Å². The number of ether oxygens (including phenoxy) is 3. The second-order valence-electron chi connectivity index (χ2n) is 5.12. The van der Waals surface area contributed by atoms with Crippen LogP contribution < -0.4 is 19.5 Å². The Labute approximate surface area is 157 Å². The average molecular weight is 399 g/mol. The van der Waals surface area contributed by atoms with Gasteiger partial charge in [0.05, 0.1) is 26.7 Å². The number of aromatic nitrogens is 2. The molecule has 0 saturated carbocycles. The quantitative estimate of drug-likeness (QED) is 0.418. The van der Waals surface area contributed by atoms with Gasteiger partial charge in [0.25, 0.3) is 10.2 Å². The molecule has 28 heavy (non-hydrogen) atoms. The van der Waals surface area contributed by atoms with E-state index in [1.54, 1.807) is 6.07 Å². The van der Waals surface area contributed by atoms with E-state index in [1.165, 1.54) is 27.7 Å². The second-order valence-corrected chi connectivity index (χ2v) is 5.12. The summed E-state index contributed by atoms with van der Waals surface area (Å²) in [5, 5.41) is 22.0. The average Bonchev–Trinajstić information content (AvgIpc) is 2.67. The molecule has 1 aromatic carbocycles. The normalized spacial score (nSPS) is 11.4. The lowest BCUT2D eigenvalue weighted by Crippen LogP contribution is -2.31. The molecule has 152 valence electrons. The molecule has 0 saturated heterocycles. The SMILES string of the molecule is COc1cc2c(NCC(CO[N+](=O)[O-])O[N+](=O)[O-])ncnc2c(OC)c1OC. The largest absolute Gasteiger partial charge is 0.493 e. The summed E-state index contributed by atoms with van der Waals surface area (Å²) in [6.45, 7) is -0.859. The van der Waals surface area contributed by atoms with Crippen LogP contribution in [0.15, 0.2) is 12.4 Å². The summed E-state index contributed by atoms with van der Waals surface area (Å²) in [5.74, 6) is 1.25. The Morgan fingerprint density at radius 3 is 2.36 bits per heavy atom. The zero-order valence-electron chi connectivity index (χ0n) is 15.1. The molecule has 0 aliphatic rings. The molecule has 0 spiro atoms. The molecule has 0 aliphatic carbocycles. The highest BCUT2D eigenvalue weighted by atomic mass is 17.0. The number of benzene rings is 1. The first-order valence-electron chi connectivity index (χ1n) is 7.67. The molecular weight excluding hydrogens is 382 g/mol. The van der Waals surface area contributed by atoms with Gasteiger partial charge in [-0.25, -0.2) is 9.97 Å². The standard InChI is InChI=1S/C14H17N5O9/c1-24-10-4-9-11(13(26-3)12(10)25-2)16-7-17-14(9)15-5-8(28-19(22)23)6-27-18(20)21/h4,7-8H,5-6H2,1-3H3,(H,15,16,17). The Bertz CT molecular complexity index is 863. The van der Waals surface area contributed by atoms with E-state index >= 15 is 0 Å². The topological polar surface area (TPSA) is 170 Å². The Kier molecular flexibility index (Phi) is 6.73. The molecule has 0 bridgehead atoms. The lowest BCUT2D eigenvalue weighted by Gasteiger charge is -2.17. The van der Waals surface area contributed by atoms with Crippen molar-refractivity contribution in [1.29, 1.82) is 0 Å².